The standard InChI is InChI=1S/C10H13FN2O2/c1-3-13-9-4-6(10(14)15-2)7(11)5-8(9)12/h4-5,13H,3,12H2,1-2H3. The van der Waals surface area contributed by atoms with Crippen LogP contribution in [0.4, 0.5) is 15.8 Å². The topological polar surface area (TPSA) is 64.3 Å². The zero-order valence-corrected chi connectivity index (χ0v) is 8.63. The molecule has 0 amide bonds. The summed E-state index contributed by atoms with van der Waals surface area (Å²) in [7, 11) is 1.20. The van der Waals surface area contributed by atoms with Crippen molar-refractivity contribution >= 4 is 17.3 Å². The molecule has 0 saturated heterocycles. The van der Waals surface area contributed by atoms with Gasteiger partial charge in [-0.05, 0) is 19.1 Å². The summed E-state index contributed by atoms with van der Waals surface area (Å²) in [6, 6.07) is 2.45. The summed E-state index contributed by atoms with van der Waals surface area (Å²) in [6.45, 7) is 2.51. The molecule has 0 aliphatic heterocycles. The minimum Gasteiger partial charge on any atom is -0.465 e. The molecule has 1 aromatic rings. The number of halogens is 1. The van der Waals surface area contributed by atoms with Crippen molar-refractivity contribution in [1.29, 1.82) is 0 Å². The van der Waals surface area contributed by atoms with E-state index in [1.165, 1.54) is 13.2 Å². The van der Waals surface area contributed by atoms with Crippen LogP contribution in [0.5, 0.6) is 0 Å². The molecule has 0 fully saturated rings. The van der Waals surface area contributed by atoms with Gasteiger partial charge in [0.2, 0.25) is 0 Å². The van der Waals surface area contributed by atoms with Crippen molar-refractivity contribution in [2.45, 2.75) is 6.92 Å². The maximum Gasteiger partial charge on any atom is 0.340 e. The highest BCUT2D eigenvalue weighted by atomic mass is 19.1. The van der Waals surface area contributed by atoms with E-state index in [0.29, 0.717) is 12.2 Å². The van der Waals surface area contributed by atoms with E-state index in [4.69, 9.17) is 5.73 Å². The zero-order valence-electron chi connectivity index (χ0n) is 8.63. The Kier molecular flexibility index (Phi) is 3.49. The Hall–Kier alpha value is -1.78. The third kappa shape index (κ3) is 2.37. The third-order valence-corrected chi connectivity index (χ3v) is 1.91. The van der Waals surface area contributed by atoms with Gasteiger partial charge in [0.15, 0.2) is 0 Å². The average Bonchev–Trinajstić information content (AvgIpc) is 2.21. The van der Waals surface area contributed by atoms with Gasteiger partial charge in [0.1, 0.15) is 5.82 Å². The largest absolute Gasteiger partial charge is 0.465 e. The minimum absolute atomic E-state index is 0.123. The Morgan fingerprint density at radius 2 is 2.27 bits per heavy atom. The minimum atomic E-state index is -0.716. The van der Waals surface area contributed by atoms with Gasteiger partial charge in [0, 0.05) is 6.54 Å². The van der Waals surface area contributed by atoms with Crippen molar-refractivity contribution in [2.24, 2.45) is 0 Å². The summed E-state index contributed by atoms with van der Waals surface area (Å²) in [5.41, 5.74) is 6.23. The van der Waals surface area contributed by atoms with Gasteiger partial charge in [-0.2, -0.15) is 0 Å². The average molecular weight is 212 g/mol. The number of esters is 1. The van der Waals surface area contributed by atoms with Crippen molar-refractivity contribution in [3.05, 3.63) is 23.5 Å². The van der Waals surface area contributed by atoms with Crippen LogP contribution in [0.3, 0.4) is 0 Å². The maximum atomic E-state index is 13.3. The molecule has 82 valence electrons. The van der Waals surface area contributed by atoms with Gasteiger partial charge in [0.25, 0.3) is 0 Å². The molecule has 0 aliphatic rings. The van der Waals surface area contributed by atoms with Crippen molar-refractivity contribution in [2.75, 3.05) is 24.7 Å². The van der Waals surface area contributed by atoms with E-state index < -0.39 is 11.8 Å². The summed E-state index contributed by atoms with van der Waals surface area (Å²) in [6.07, 6.45) is 0. The quantitative estimate of drug-likeness (QED) is 0.590. The zero-order chi connectivity index (χ0) is 11.4. The second-order valence-corrected chi connectivity index (χ2v) is 2.94. The second-order valence-electron chi connectivity index (χ2n) is 2.94. The number of benzene rings is 1. The lowest BCUT2D eigenvalue weighted by molar-refractivity contribution is 0.0595. The van der Waals surface area contributed by atoms with Crippen molar-refractivity contribution in [3.8, 4) is 0 Å². The van der Waals surface area contributed by atoms with E-state index in [0.717, 1.165) is 6.07 Å². The molecule has 0 aromatic heterocycles. The number of carbonyl (C=O) groups excluding carboxylic acids is 1. The normalized spacial score (nSPS) is 9.80. The molecular weight excluding hydrogens is 199 g/mol. The fourth-order valence-corrected chi connectivity index (χ4v) is 1.20. The Balaban J connectivity index is 3.17. The van der Waals surface area contributed by atoms with Gasteiger partial charge in [-0.1, -0.05) is 0 Å². The van der Waals surface area contributed by atoms with Crippen LogP contribution < -0.4 is 11.1 Å². The Morgan fingerprint density at radius 3 is 2.80 bits per heavy atom. The highest BCUT2D eigenvalue weighted by Gasteiger charge is 2.14. The monoisotopic (exact) mass is 212 g/mol. The van der Waals surface area contributed by atoms with Crippen LogP contribution in [0, 0.1) is 5.82 Å². The fraction of sp³-hybridized carbons (Fsp3) is 0.300. The molecule has 1 rings (SSSR count). The van der Waals surface area contributed by atoms with Gasteiger partial charge in [0.05, 0.1) is 24.0 Å². The number of rotatable bonds is 3. The van der Waals surface area contributed by atoms with Gasteiger partial charge < -0.3 is 15.8 Å². The predicted octanol–water partition coefficient (Wildman–Crippen LogP) is 1.63. The number of carbonyl (C=O) groups is 1. The second kappa shape index (κ2) is 4.63. The number of anilines is 2. The van der Waals surface area contributed by atoms with Crippen molar-refractivity contribution < 1.29 is 13.9 Å². The summed E-state index contributed by atoms with van der Waals surface area (Å²) >= 11 is 0. The molecule has 15 heavy (non-hydrogen) atoms. The SMILES string of the molecule is CCNc1cc(C(=O)OC)c(F)cc1N. The highest BCUT2D eigenvalue weighted by molar-refractivity contribution is 5.92. The summed E-state index contributed by atoms with van der Waals surface area (Å²) in [5, 5.41) is 2.92. The summed E-state index contributed by atoms with van der Waals surface area (Å²) in [4.78, 5) is 11.2. The van der Waals surface area contributed by atoms with Crippen LogP contribution in [-0.2, 0) is 4.74 Å². The van der Waals surface area contributed by atoms with Crippen molar-refractivity contribution in [3.63, 3.8) is 0 Å². The molecule has 1 aromatic carbocycles. The molecule has 5 heteroatoms. The number of ether oxygens (including phenoxy) is 1. The number of hydrogen-bond donors (Lipinski definition) is 2. The van der Waals surface area contributed by atoms with Crippen LogP contribution in [0.1, 0.15) is 17.3 Å². The van der Waals surface area contributed by atoms with Gasteiger partial charge in [-0.25, -0.2) is 9.18 Å². The van der Waals surface area contributed by atoms with E-state index >= 15 is 0 Å². The first-order valence-corrected chi connectivity index (χ1v) is 4.51. The molecule has 0 saturated carbocycles. The molecule has 0 aliphatic carbocycles. The lowest BCUT2D eigenvalue weighted by Gasteiger charge is -2.09. The van der Waals surface area contributed by atoms with Crippen LogP contribution >= 0.6 is 0 Å². The molecule has 3 N–H and O–H groups in total. The fourth-order valence-electron chi connectivity index (χ4n) is 1.20. The highest BCUT2D eigenvalue weighted by Crippen LogP contribution is 2.23. The molecule has 0 heterocycles. The molecule has 4 nitrogen and oxygen atoms in total. The van der Waals surface area contributed by atoms with Gasteiger partial charge in [-0.15, -0.1) is 0 Å². The first-order chi connectivity index (χ1) is 7.10. The van der Waals surface area contributed by atoms with E-state index in [9.17, 15) is 9.18 Å². The Labute approximate surface area is 87.2 Å². The lowest BCUT2D eigenvalue weighted by Crippen LogP contribution is -2.08. The molecule has 0 spiro atoms. The first-order valence-electron chi connectivity index (χ1n) is 4.51. The summed E-state index contributed by atoms with van der Waals surface area (Å²) < 4.78 is 17.7. The van der Waals surface area contributed by atoms with E-state index in [1.54, 1.807) is 0 Å². The maximum absolute atomic E-state index is 13.3. The molecule has 0 radical (unpaired) electrons. The molecule has 0 atom stereocenters. The Bertz CT molecular complexity index is 380. The number of nitrogen functional groups attached to an aromatic ring is 1. The summed E-state index contributed by atoms with van der Waals surface area (Å²) in [5.74, 6) is -1.40. The molecule has 0 unspecified atom stereocenters. The molecular formula is C10H13FN2O2. The van der Waals surface area contributed by atoms with Gasteiger partial charge in [-0.3, -0.25) is 0 Å². The van der Waals surface area contributed by atoms with Gasteiger partial charge >= 0.3 is 5.97 Å². The number of nitrogens with one attached hydrogen (secondary N) is 1. The number of nitrogens with two attached hydrogens (primary N) is 1. The number of hydrogen-bond acceptors (Lipinski definition) is 4. The lowest BCUT2D eigenvalue weighted by atomic mass is 10.1. The van der Waals surface area contributed by atoms with E-state index in [-0.39, 0.29) is 11.3 Å². The van der Waals surface area contributed by atoms with Crippen LogP contribution in [0.25, 0.3) is 0 Å². The smallest absolute Gasteiger partial charge is 0.340 e. The van der Waals surface area contributed by atoms with Crippen LogP contribution in [-0.4, -0.2) is 19.6 Å². The predicted molar refractivity (Wildman–Crippen MR) is 56.3 cm³/mol. The first kappa shape index (κ1) is 11.3. The van der Waals surface area contributed by atoms with Crippen molar-refractivity contribution in [1.82, 2.24) is 0 Å². The van der Waals surface area contributed by atoms with E-state index in [1.807, 2.05) is 6.92 Å². The Morgan fingerprint density at radius 1 is 1.60 bits per heavy atom. The van der Waals surface area contributed by atoms with Crippen LogP contribution in [0.2, 0.25) is 0 Å². The van der Waals surface area contributed by atoms with E-state index in [2.05, 4.69) is 10.1 Å². The van der Waals surface area contributed by atoms with Crippen LogP contribution in [0.15, 0.2) is 12.1 Å². The third-order valence-electron chi connectivity index (χ3n) is 1.91. The molecule has 0 bridgehead atoms. The number of methoxy groups -OCH3 is 1.